The van der Waals surface area contributed by atoms with Crippen LogP contribution >= 0.6 is 0 Å². The molecule has 0 spiro atoms. The first-order valence-electron chi connectivity index (χ1n) is 7.40. The molecule has 1 aromatic heterocycles. The lowest BCUT2D eigenvalue weighted by molar-refractivity contribution is -0.146. The Kier molecular flexibility index (Phi) is 5.73. The lowest BCUT2D eigenvalue weighted by atomic mass is 9.92. The summed E-state index contributed by atoms with van der Waals surface area (Å²) in [5, 5.41) is 0. The molecule has 2 N–H and O–H groups in total. The minimum atomic E-state index is -1.23. The molecule has 0 fully saturated rings. The van der Waals surface area contributed by atoms with Crippen LogP contribution in [0.2, 0.25) is 0 Å². The van der Waals surface area contributed by atoms with Crippen LogP contribution in [0.5, 0.6) is 0 Å². The molecule has 0 saturated carbocycles. The molecule has 1 heterocycles. The Morgan fingerprint density at radius 3 is 2.50 bits per heavy atom. The van der Waals surface area contributed by atoms with E-state index in [9.17, 15) is 14.4 Å². The molecule has 24 heavy (non-hydrogen) atoms. The van der Waals surface area contributed by atoms with Crippen molar-refractivity contribution in [2.24, 2.45) is 5.92 Å². The zero-order valence-electron chi connectivity index (χ0n) is 13.1. The van der Waals surface area contributed by atoms with E-state index < -0.39 is 23.5 Å². The van der Waals surface area contributed by atoms with Crippen molar-refractivity contribution < 1.29 is 19.1 Å². The van der Waals surface area contributed by atoms with Gasteiger partial charge in [-0.25, -0.2) is 9.97 Å². The van der Waals surface area contributed by atoms with Gasteiger partial charge < -0.3 is 10.5 Å². The van der Waals surface area contributed by atoms with Crippen LogP contribution in [0, 0.1) is 5.92 Å². The molecule has 0 radical (unpaired) electrons. The molecule has 1 atom stereocenters. The number of carbonyl (C=O) groups excluding carboxylic acids is 3. The maximum absolute atomic E-state index is 12.6. The first kappa shape index (κ1) is 17.3. The van der Waals surface area contributed by atoms with E-state index in [0.29, 0.717) is 5.56 Å². The Hall–Kier alpha value is -3.09. The van der Waals surface area contributed by atoms with Crippen molar-refractivity contribution in [3.63, 3.8) is 0 Å². The zero-order chi connectivity index (χ0) is 17.5. The minimum Gasteiger partial charge on any atom is -0.465 e. The molecule has 2 rings (SSSR count). The highest BCUT2D eigenvalue weighted by Gasteiger charge is 2.32. The fourth-order valence-electron chi connectivity index (χ4n) is 2.15. The van der Waals surface area contributed by atoms with Gasteiger partial charge >= 0.3 is 5.97 Å². The number of hydrogen-bond donors (Lipinski definition) is 1. The van der Waals surface area contributed by atoms with Gasteiger partial charge in [0.25, 0.3) is 0 Å². The van der Waals surface area contributed by atoms with Crippen molar-refractivity contribution in [2.75, 3.05) is 12.3 Å². The highest BCUT2D eigenvalue weighted by molar-refractivity contribution is 6.12. The molecule has 0 bridgehead atoms. The highest BCUT2D eigenvalue weighted by atomic mass is 16.5. The molecule has 0 saturated heterocycles. The standard InChI is InChI=1S/C17H17N3O4/c1-2-24-16(23)12(15(22)11-6-4-3-5-7-11)10-14(21)13-8-9-19-17(18)20-13/h3-9,12H,2,10H2,1H3,(H2,18,19,20). The summed E-state index contributed by atoms with van der Waals surface area (Å²) in [5.41, 5.74) is 5.84. The molecule has 0 aliphatic heterocycles. The number of esters is 1. The average Bonchev–Trinajstić information content (AvgIpc) is 2.59. The summed E-state index contributed by atoms with van der Waals surface area (Å²) < 4.78 is 4.94. The third-order valence-corrected chi connectivity index (χ3v) is 3.30. The van der Waals surface area contributed by atoms with Crippen LogP contribution < -0.4 is 5.73 Å². The summed E-state index contributed by atoms with van der Waals surface area (Å²) in [7, 11) is 0. The predicted octanol–water partition coefficient (Wildman–Crippen LogP) is 1.69. The number of rotatable bonds is 7. The van der Waals surface area contributed by atoms with Gasteiger partial charge in [0.05, 0.1) is 6.61 Å². The van der Waals surface area contributed by atoms with Gasteiger partial charge in [-0.1, -0.05) is 30.3 Å². The number of benzene rings is 1. The Balaban J connectivity index is 2.25. The monoisotopic (exact) mass is 327 g/mol. The molecule has 0 amide bonds. The van der Waals surface area contributed by atoms with Gasteiger partial charge in [-0.05, 0) is 13.0 Å². The molecule has 0 aliphatic carbocycles. The second-order valence-corrected chi connectivity index (χ2v) is 4.96. The van der Waals surface area contributed by atoms with Crippen molar-refractivity contribution in [3.8, 4) is 0 Å². The maximum Gasteiger partial charge on any atom is 0.317 e. The Bertz CT molecular complexity index is 747. The zero-order valence-corrected chi connectivity index (χ0v) is 13.1. The number of hydrogen-bond acceptors (Lipinski definition) is 7. The second kappa shape index (κ2) is 7.96. The SMILES string of the molecule is CCOC(=O)C(CC(=O)c1ccnc(N)n1)C(=O)c1ccccc1. The number of Topliss-reactive ketones (excluding diaryl/α,β-unsaturated/α-hetero) is 2. The van der Waals surface area contributed by atoms with E-state index in [1.807, 2.05) is 0 Å². The van der Waals surface area contributed by atoms with Crippen molar-refractivity contribution >= 4 is 23.5 Å². The minimum absolute atomic E-state index is 0.0529. The van der Waals surface area contributed by atoms with Crippen molar-refractivity contribution in [1.29, 1.82) is 0 Å². The maximum atomic E-state index is 12.6. The van der Waals surface area contributed by atoms with Gasteiger partial charge in [-0.15, -0.1) is 0 Å². The normalized spacial score (nSPS) is 11.5. The van der Waals surface area contributed by atoms with Gasteiger partial charge in [0.2, 0.25) is 5.95 Å². The van der Waals surface area contributed by atoms with Crippen LogP contribution in [-0.2, 0) is 9.53 Å². The number of ketones is 2. The first-order chi connectivity index (χ1) is 11.5. The van der Waals surface area contributed by atoms with Crippen LogP contribution in [0.1, 0.15) is 34.2 Å². The van der Waals surface area contributed by atoms with Crippen molar-refractivity contribution in [3.05, 3.63) is 53.9 Å². The summed E-state index contributed by atoms with van der Waals surface area (Å²) in [5.74, 6) is -2.96. The van der Waals surface area contributed by atoms with Gasteiger partial charge in [-0.3, -0.25) is 14.4 Å². The van der Waals surface area contributed by atoms with Gasteiger partial charge in [0.1, 0.15) is 11.6 Å². The fourth-order valence-corrected chi connectivity index (χ4v) is 2.15. The third-order valence-electron chi connectivity index (χ3n) is 3.30. The molecule has 2 aromatic rings. The van der Waals surface area contributed by atoms with E-state index in [4.69, 9.17) is 10.5 Å². The third kappa shape index (κ3) is 4.22. The summed E-state index contributed by atoms with van der Waals surface area (Å²) >= 11 is 0. The Morgan fingerprint density at radius 1 is 1.17 bits per heavy atom. The largest absolute Gasteiger partial charge is 0.465 e. The summed E-state index contributed by atoms with van der Waals surface area (Å²) in [6.07, 6.45) is 0.997. The summed E-state index contributed by atoms with van der Waals surface area (Å²) in [6, 6.07) is 9.67. The Morgan fingerprint density at radius 2 is 1.88 bits per heavy atom. The number of anilines is 1. The fraction of sp³-hybridized carbons (Fsp3) is 0.235. The molecular weight excluding hydrogens is 310 g/mol. The van der Waals surface area contributed by atoms with E-state index in [1.54, 1.807) is 37.3 Å². The highest BCUT2D eigenvalue weighted by Crippen LogP contribution is 2.17. The van der Waals surface area contributed by atoms with E-state index in [1.165, 1.54) is 12.3 Å². The second-order valence-electron chi connectivity index (χ2n) is 4.96. The molecule has 7 heteroatoms. The number of nitrogens with two attached hydrogens (primary N) is 1. The van der Waals surface area contributed by atoms with Crippen LogP contribution in [0.15, 0.2) is 42.6 Å². The number of aromatic nitrogens is 2. The van der Waals surface area contributed by atoms with Crippen LogP contribution in [0.4, 0.5) is 5.95 Å². The van der Waals surface area contributed by atoms with E-state index in [2.05, 4.69) is 9.97 Å². The van der Waals surface area contributed by atoms with Crippen LogP contribution in [0.3, 0.4) is 0 Å². The predicted molar refractivity (Wildman–Crippen MR) is 86.3 cm³/mol. The lowest BCUT2D eigenvalue weighted by Gasteiger charge is -2.14. The van der Waals surface area contributed by atoms with Crippen LogP contribution in [-0.4, -0.2) is 34.1 Å². The molecule has 1 aromatic carbocycles. The topological polar surface area (TPSA) is 112 Å². The van der Waals surface area contributed by atoms with E-state index in [-0.39, 0.29) is 24.7 Å². The number of ether oxygens (including phenoxy) is 1. The molecule has 1 unspecified atom stereocenters. The van der Waals surface area contributed by atoms with Crippen molar-refractivity contribution in [1.82, 2.24) is 9.97 Å². The van der Waals surface area contributed by atoms with Gasteiger partial charge in [0.15, 0.2) is 11.6 Å². The molecule has 0 aliphatic rings. The quantitative estimate of drug-likeness (QED) is 0.468. The number of carbonyl (C=O) groups is 3. The smallest absolute Gasteiger partial charge is 0.317 e. The number of nitrogens with zero attached hydrogens (tertiary/aromatic N) is 2. The van der Waals surface area contributed by atoms with Crippen molar-refractivity contribution in [2.45, 2.75) is 13.3 Å². The van der Waals surface area contributed by atoms with E-state index in [0.717, 1.165) is 0 Å². The number of nitrogen functional groups attached to an aromatic ring is 1. The molecular formula is C17H17N3O4. The van der Waals surface area contributed by atoms with Gasteiger partial charge in [-0.2, -0.15) is 0 Å². The average molecular weight is 327 g/mol. The molecule has 7 nitrogen and oxygen atoms in total. The van der Waals surface area contributed by atoms with E-state index >= 15 is 0 Å². The lowest BCUT2D eigenvalue weighted by Crippen LogP contribution is -2.29. The first-order valence-corrected chi connectivity index (χ1v) is 7.40. The van der Waals surface area contributed by atoms with Crippen LogP contribution in [0.25, 0.3) is 0 Å². The summed E-state index contributed by atoms with van der Waals surface area (Å²) in [6.45, 7) is 1.75. The van der Waals surface area contributed by atoms with Gasteiger partial charge in [0, 0.05) is 18.2 Å². The summed E-state index contributed by atoms with van der Waals surface area (Å²) in [4.78, 5) is 44.6. The molecule has 124 valence electrons. The Labute approximate surface area is 138 Å².